The highest BCUT2D eigenvalue weighted by molar-refractivity contribution is 9.10. The SMILES string of the molecule is COc1ccc(C2=NN3[C@@H](C2)c2cc(Br)ccc2OC32CCC(C)CC2)cc1. The smallest absolute Gasteiger partial charge is 0.198 e. The van der Waals surface area contributed by atoms with Crippen molar-refractivity contribution in [2.24, 2.45) is 11.0 Å². The highest BCUT2D eigenvalue weighted by Crippen LogP contribution is 2.52. The largest absolute Gasteiger partial charge is 0.497 e. The van der Waals surface area contributed by atoms with Crippen LogP contribution in [-0.4, -0.2) is 23.6 Å². The summed E-state index contributed by atoms with van der Waals surface area (Å²) in [5.74, 6) is 2.65. The average molecular weight is 441 g/mol. The first-order valence-electron chi connectivity index (χ1n) is 10.1. The van der Waals surface area contributed by atoms with Gasteiger partial charge in [-0.3, -0.25) is 0 Å². The van der Waals surface area contributed by atoms with Crippen molar-refractivity contribution in [1.29, 1.82) is 0 Å². The molecule has 0 saturated heterocycles. The summed E-state index contributed by atoms with van der Waals surface area (Å²) >= 11 is 3.63. The fourth-order valence-electron chi connectivity index (χ4n) is 4.75. The molecule has 0 bridgehead atoms. The number of halogens is 1. The molecular formula is C23H25BrN2O2. The quantitative estimate of drug-likeness (QED) is 0.581. The molecular weight excluding hydrogens is 416 g/mol. The number of methoxy groups -OCH3 is 1. The topological polar surface area (TPSA) is 34.1 Å². The molecule has 2 heterocycles. The van der Waals surface area contributed by atoms with Crippen LogP contribution < -0.4 is 9.47 Å². The molecule has 0 unspecified atom stereocenters. The normalized spacial score (nSPS) is 28.4. The van der Waals surface area contributed by atoms with E-state index in [4.69, 9.17) is 14.6 Å². The molecule has 1 saturated carbocycles. The number of benzene rings is 2. The van der Waals surface area contributed by atoms with Crippen LogP contribution in [0.3, 0.4) is 0 Å². The molecule has 3 aliphatic rings. The van der Waals surface area contributed by atoms with Gasteiger partial charge in [-0.15, -0.1) is 0 Å². The number of hydrogen-bond acceptors (Lipinski definition) is 4. The van der Waals surface area contributed by atoms with Gasteiger partial charge in [-0.05, 0) is 66.8 Å². The molecule has 2 aromatic carbocycles. The standard InChI is InChI=1S/C23H25BrN2O2/c1-15-9-11-23(12-10-15)26-21(19-13-17(24)5-8-22(19)28-23)14-20(25-26)16-3-6-18(27-2)7-4-16/h3-8,13,15,21H,9-12,14H2,1-2H3/t15?,21-,23?/m0/s1. The Hall–Kier alpha value is -2.01. The van der Waals surface area contributed by atoms with Crippen molar-refractivity contribution in [2.45, 2.75) is 50.8 Å². The van der Waals surface area contributed by atoms with Gasteiger partial charge in [0.15, 0.2) is 5.72 Å². The molecule has 5 rings (SSSR count). The molecule has 4 nitrogen and oxygen atoms in total. The summed E-state index contributed by atoms with van der Waals surface area (Å²) in [6.45, 7) is 2.34. The maximum Gasteiger partial charge on any atom is 0.198 e. The van der Waals surface area contributed by atoms with Gasteiger partial charge in [0.1, 0.15) is 11.5 Å². The van der Waals surface area contributed by atoms with Gasteiger partial charge in [-0.2, -0.15) is 5.10 Å². The first-order valence-corrected chi connectivity index (χ1v) is 10.9. The van der Waals surface area contributed by atoms with Crippen molar-refractivity contribution in [3.8, 4) is 11.5 Å². The second-order valence-corrected chi connectivity index (χ2v) is 9.17. The van der Waals surface area contributed by atoms with Crippen LogP contribution in [0.4, 0.5) is 0 Å². The van der Waals surface area contributed by atoms with Gasteiger partial charge in [0.25, 0.3) is 0 Å². The molecule has 2 aromatic rings. The van der Waals surface area contributed by atoms with Gasteiger partial charge >= 0.3 is 0 Å². The highest BCUT2D eigenvalue weighted by Gasteiger charge is 2.51. The Kier molecular flexibility index (Phi) is 4.38. The van der Waals surface area contributed by atoms with Crippen molar-refractivity contribution < 1.29 is 9.47 Å². The number of nitrogens with zero attached hydrogens (tertiary/aromatic N) is 2. The van der Waals surface area contributed by atoms with E-state index in [1.807, 2.05) is 12.1 Å². The minimum atomic E-state index is -0.313. The van der Waals surface area contributed by atoms with Crippen molar-refractivity contribution in [3.63, 3.8) is 0 Å². The number of hydrazone groups is 1. The lowest BCUT2D eigenvalue weighted by molar-refractivity contribution is -0.145. The van der Waals surface area contributed by atoms with Crippen LogP contribution in [0, 0.1) is 5.92 Å². The molecule has 0 amide bonds. The Morgan fingerprint density at radius 2 is 1.89 bits per heavy atom. The number of ether oxygens (including phenoxy) is 2. The molecule has 0 aromatic heterocycles. The fourth-order valence-corrected chi connectivity index (χ4v) is 5.13. The monoisotopic (exact) mass is 440 g/mol. The Morgan fingerprint density at radius 1 is 1.14 bits per heavy atom. The van der Waals surface area contributed by atoms with E-state index in [1.54, 1.807) is 7.11 Å². The first kappa shape index (κ1) is 18.0. The minimum Gasteiger partial charge on any atom is -0.497 e. The summed E-state index contributed by atoms with van der Waals surface area (Å²) in [5, 5.41) is 7.42. The van der Waals surface area contributed by atoms with Gasteiger partial charge in [0, 0.05) is 29.3 Å². The van der Waals surface area contributed by atoms with E-state index in [0.717, 1.165) is 52.4 Å². The fraction of sp³-hybridized carbons (Fsp3) is 0.435. The third kappa shape index (κ3) is 2.91. The lowest BCUT2D eigenvalue weighted by Crippen LogP contribution is -2.55. The number of hydrogen-bond donors (Lipinski definition) is 0. The molecule has 1 atom stereocenters. The zero-order chi connectivity index (χ0) is 19.3. The van der Waals surface area contributed by atoms with Gasteiger partial charge in [-0.25, -0.2) is 5.01 Å². The van der Waals surface area contributed by atoms with Crippen molar-refractivity contribution in [2.75, 3.05) is 7.11 Å². The predicted molar refractivity (Wildman–Crippen MR) is 114 cm³/mol. The molecule has 0 radical (unpaired) electrons. The summed E-state index contributed by atoms with van der Waals surface area (Å²) in [7, 11) is 1.70. The molecule has 2 aliphatic heterocycles. The highest BCUT2D eigenvalue weighted by atomic mass is 79.9. The lowest BCUT2D eigenvalue weighted by atomic mass is 9.82. The summed E-state index contributed by atoms with van der Waals surface area (Å²) in [6.07, 6.45) is 5.32. The minimum absolute atomic E-state index is 0.228. The predicted octanol–water partition coefficient (Wildman–Crippen LogP) is 5.91. The molecule has 5 heteroatoms. The number of rotatable bonds is 2. The van der Waals surface area contributed by atoms with Crippen molar-refractivity contribution >= 4 is 21.6 Å². The lowest BCUT2D eigenvalue weighted by Gasteiger charge is -2.50. The zero-order valence-corrected chi connectivity index (χ0v) is 17.9. The Balaban J connectivity index is 1.56. The van der Waals surface area contributed by atoms with Crippen LogP contribution in [0.5, 0.6) is 11.5 Å². The third-order valence-electron chi connectivity index (χ3n) is 6.44. The van der Waals surface area contributed by atoms with Gasteiger partial charge in [0.2, 0.25) is 0 Å². The van der Waals surface area contributed by atoms with Crippen molar-refractivity contribution in [3.05, 3.63) is 58.1 Å². The molecule has 1 aliphatic carbocycles. The van der Waals surface area contributed by atoms with Crippen LogP contribution in [0.1, 0.15) is 56.2 Å². The zero-order valence-electron chi connectivity index (χ0n) is 16.3. The maximum absolute atomic E-state index is 6.68. The van der Waals surface area contributed by atoms with Crippen LogP contribution in [-0.2, 0) is 0 Å². The van der Waals surface area contributed by atoms with E-state index >= 15 is 0 Å². The molecule has 28 heavy (non-hydrogen) atoms. The summed E-state index contributed by atoms with van der Waals surface area (Å²) < 4.78 is 13.1. The number of fused-ring (bicyclic) bond motifs is 4. The van der Waals surface area contributed by atoms with Gasteiger partial charge in [-0.1, -0.05) is 22.9 Å². The Morgan fingerprint density at radius 3 is 2.61 bits per heavy atom. The maximum atomic E-state index is 6.68. The van der Waals surface area contributed by atoms with Crippen molar-refractivity contribution in [1.82, 2.24) is 5.01 Å². The third-order valence-corrected chi connectivity index (χ3v) is 6.93. The Labute approximate surface area is 174 Å². The average Bonchev–Trinajstić information content (AvgIpc) is 3.18. The van der Waals surface area contributed by atoms with Gasteiger partial charge in [0.05, 0.1) is 18.9 Å². The van der Waals surface area contributed by atoms with E-state index in [0.29, 0.717) is 0 Å². The van der Waals surface area contributed by atoms with E-state index in [2.05, 4.69) is 58.2 Å². The van der Waals surface area contributed by atoms with Crippen LogP contribution >= 0.6 is 15.9 Å². The molecule has 146 valence electrons. The second-order valence-electron chi connectivity index (χ2n) is 8.25. The molecule has 1 fully saturated rings. The van der Waals surface area contributed by atoms with E-state index in [-0.39, 0.29) is 11.8 Å². The molecule has 0 N–H and O–H groups in total. The van der Waals surface area contributed by atoms with Gasteiger partial charge < -0.3 is 9.47 Å². The summed E-state index contributed by atoms with van der Waals surface area (Å²) in [4.78, 5) is 0. The van der Waals surface area contributed by atoms with E-state index < -0.39 is 0 Å². The molecule has 1 spiro atoms. The van der Waals surface area contributed by atoms with E-state index in [1.165, 1.54) is 18.4 Å². The summed E-state index contributed by atoms with van der Waals surface area (Å²) in [6, 6.07) is 14.8. The van der Waals surface area contributed by atoms with Crippen LogP contribution in [0.15, 0.2) is 52.0 Å². The van der Waals surface area contributed by atoms with Crippen LogP contribution in [0.2, 0.25) is 0 Å². The van der Waals surface area contributed by atoms with Crippen LogP contribution in [0.25, 0.3) is 0 Å². The Bertz CT molecular complexity index is 917. The second kappa shape index (κ2) is 6.80. The first-order chi connectivity index (χ1) is 13.6. The summed E-state index contributed by atoms with van der Waals surface area (Å²) in [5.41, 5.74) is 3.20. The van der Waals surface area contributed by atoms with E-state index in [9.17, 15) is 0 Å².